The lowest BCUT2D eigenvalue weighted by molar-refractivity contribution is -0.118. The number of carbonyl (C=O) groups excluding carboxylic acids is 1. The predicted molar refractivity (Wildman–Crippen MR) is 61.1 cm³/mol. The molecule has 1 fully saturated rings. The van der Waals surface area contributed by atoms with E-state index in [0.717, 1.165) is 23.5 Å². The number of para-hydroxylation sites is 1. The van der Waals surface area contributed by atoms with Crippen LogP contribution < -0.4 is 9.47 Å². The molecule has 2 rings (SSSR count). The molecule has 0 aromatic heterocycles. The number of hydrogen-bond acceptors (Lipinski definition) is 3. The molecule has 2 unspecified atom stereocenters. The normalized spacial score (nSPS) is 22.7. The summed E-state index contributed by atoms with van der Waals surface area (Å²) in [5.74, 6) is 2.23. The molecule has 1 aliphatic carbocycles. The fourth-order valence-corrected chi connectivity index (χ4v) is 2.19. The van der Waals surface area contributed by atoms with E-state index in [0.29, 0.717) is 5.92 Å². The molecule has 3 nitrogen and oxygen atoms in total. The van der Waals surface area contributed by atoms with Gasteiger partial charge in [0.05, 0.1) is 14.2 Å². The highest BCUT2D eigenvalue weighted by Gasteiger charge is 2.43. The predicted octanol–water partition coefficient (Wildman–Crippen LogP) is 2.40. The van der Waals surface area contributed by atoms with E-state index in [2.05, 4.69) is 0 Å². The fourth-order valence-electron chi connectivity index (χ4n) is 2.19. The number of hydrogen-bond donors (Lipinski definition) is 0. The van der Waals surface area contributed by atoms with Crippen LogP contribution >= 0.6 is 0 Å². The average molecular weight is 220 g/mol. The smallest absolute Gasteiger partial charge is 0.164 e. The summed E-state index contributed by atoms with van der Waals surface area (Å²) in [6, 6.07) is 5.81. The standard InChI is InChI=1S/C13H16O3/c1-8(14)10-7-11(10)9-5-4-6-12(15-2)13(9)16-3/h4-6,10-11H,7H2,1-3H3. The lowest BCUT2D eigenvalue weighted by Crippen LogP contribution is -1.98. The molecule has 1 aromatic carbocycles. The summed E-state index contributed by atoms with van der Waals surface area (Å²) >= 11 is 0. The van der Waals surface area contributed by atoms with Crippen LogP contribution in [0.25, 0.3) is 0 Å². The summed E-state index contributed by atoms with van der Waals surface area (Å²) in [5.41, 5.74) is 1.09. The maximum absolute atomic E-state index is 11.3. The van der Waals surface area contributed by atoms with Crippen LogP contribution in [-0.4, -0.2) is 20.0 Å². The van der Waals surface area contributed by atoms with Crippen LogP contribution in [0, 0.1) is 5.92 Å². The number of ketones is 1. The summed E-state index contributed by atoms with van der Waals surface area (Å²) in [4.78, 5) is 11.3. The third-order valence-corrected chi connectivity index (χ3v) is 3.15. The molecule has 2 atom stereocenters. The van der Waals surface area contributed by atoms with Crippen molar-refractivity contribution in [3.05, 3.63) is 23.8 Å². The molecule has 0 amide bonds. The second kappa shape index (κ2) is 4.16. The number of Topliss-reactive ketones (excluding diaryl/α,β-unsaturated/α-hetero) is 1. The van der Waals surface area contributed by atoms with Crippen molar-refractivity contribution in [3.63, 3.8) is 0 Å². The Morgan fingerprint density at radius 2 is 2.06 bits per heavy atom. The van der Waals surface area contributed by atoms with Gasteiger partial charge in [0.15, 0.2) is 11.5 Å². The van der Waals surface area contributed by atoms with Crippen molar-refractivity contribution in [2.24, 2.45) is 5.92 Å². The van der Waals surface area contributed by atoms with E-state index in [1.807, 2.05) is 18.2 Å². The van der Waals surface area contributed by atoms with E-state index in [-0.39, 0.29) is 11.7 Å². The zero-order valence-electron chi connectivity index (χ0n) is 9.82. The SMILES string of the molecule is COc1cccc(C2CC2C(C)=O)c1OC. The second-order valence-corrected chi connectivity index (χ2v) is 4.14. The molecule has 0 heterocycles. The highest BCUT2D eigenvalue weighted by Crippen LogP contribution is 2.52. The first-order valence-corrected chi connectivity index (χ1v) is 5.40. The quantitative estimate of drug-likeness (QED) is 0.781. The van der Waals surface area contributed by atoms with Gasteiger partial charge in [-0.1, -0.05) is 12.1 Å². The van der Waals surface area contributed by atoms with Crippen LogP contribution in [0.15, 0.2) is 18.2 Å². The van der Waals surface area contributed by atoms with Gasteiger partial charge in [-0.05, 0) is 25.3 Å². The topological polar surface area (TPSA) is 35.5 Å². The Kier molecular flexibility index (Phi) is 2.86. The van der Waals surface area contributed by atoms with Gasteiger partial charge in [0.25, 0.3) is 0 Å². The third kappa shape index (κ3) is 1.77. The summed E-state index contributed by atoms with van der Waals surface area (Å²) in [6.07, 6.45) is 0.929. The van der Waals surface area contributed by atoms with E-state index in [4.69, 9.17) is 9.47 Å². The van der Waals surface area contributed by atoms with Gasteiger partial charge in [-0.25, -0.2) is 0 Å². The van der Waals surface area contributed by atoms with E-state index < -0.39 is 0 Å². The van der Waals surface area contributed by atoms with Gasteiger partial charge in [-0.2, -0.15) is 0 Å². The van der Waals surface area contributed by atoms with Crippen LogP contribution in [-0.2, 0) is 4.79 Å². The van der Waals surface area contributed by atoms with Gasteiger partial charge in [0.2, 0.25) is 0 Å². The lowest BCUT2D eigenvalue weighted by atomic mass is 10.1. The van der Waals surface area contributed by atoms with Crippen LogP contribution in [0.3, 0.4) is 0 Å². The van der Waals surface area contributed by atoms with E-state index >= 15 is 0 Å². The van der Waals surface area contributed by atoms with E-state index in [1.165, 1.54) is 0 Å². The first kappa shape index (κ1) is 11.0. The Morgan fingerprint density at radius 3 is 2.56 bits per heavy atom. The molecule has 0 spiro atoms. The minimum absolute atomic E-state index is 0.168. The molecule has 86 valence electrons. The van der Waals surface area contributed by atoms with Crippen molar-refractivity contribution >= 4 is 5.78 Å². The Morgan fingerprint density at radius 1 is 1.31 bits per heavy atom. The van der Waals surface area contributed by atoms with Crippen molar-refractivity contribution in [3.8, 4) is 11.5 Å². The van der Waals surface area contributed by atoms with Crippen LogP contribution in [0.4, 0.5) is 0 Å². The minimum Gasteiger partial charge on any atom is -0.493 e. The van der Waals surface area contributed by atoms with Crippen LogP contribution in [0.5, 0.6) is 11.5 Å². The molecule has 0 N–H and O–H groups in total. The number of benzene rings is 1. The molecule has 0 bridgehead atoms. The third-order valence-electron chi connectivity index (χ3n) is 3.15. The molecular weight excluding hydrogens is 204 g/mol. The molecule has 0 radical (unpaired) electrons. The number of ether oxygens (including phenoxy) is 2. The highest BCUT2D eigenvalue weighted by atomic mass is 16.5. The molecule has 0 aliphatic heterocycles. The maximum atomic E-state index is 11.3. The van der Waals surface area contributed by atoms with Gasteiger partial charge < -0.3 is 9.47 Å². The van der Waals surface area contributed by atoms with Crippen molar-refractivity contribution < 1.29 is 14.3 Å². The van der Waals surface area contributed by atoms with Crippen molar-refractivity contribution in [2.45, 2.75) is 19.3 Å². The Balaban J connectivity index is 2.31. The van der Waals surface area contributed by atoms with Crippen LogP contribution in [0.2, 0.25) is 0 Å². The minimum atomic E-state index is 0.168. The number of methoxy groups -OCH3 is 2. The van der Waals surface area contributed by atoms with Crippen LogP contribution in [0.1, 0.15) is 24.8 Å². The van der Waals surface area contributed by atoms with Gasteiger partial charge in [-0.3, -0.25) is 4.79 Å². The molecule has 1 aliphatic rings. The van der Waals surface area contributed by atoms with E-state index in [1.54, 1.807) is 21.1 Å². The van der Waals surface area contributed by atoms with Crippen molar-refractivity contribution in [2.75, 3.05) is 14.2 Å². The molecule has 1 aromatic rings. The summed E-state index contributed by atoms with van der Waals surface area (Å²) in [7, 11) is 3.25. The number of rotatable bonds is 4. The zero-order chi connectivity index (χ0) is 11.7. The van der Waals surface area contributed by atoms with Crippen molar-refractivity contribution in [1.82, 2.24) is 0 Å². The average Bonchev–Trinajstić information content (AvgIpc) is 3.07. The molecular formula is C13H16O3. The summed E-state index contributed by atoms with van der Waals surface area (Å²) in [6.45, 7) is 1.65. The Labute approximate surface area is 95.4 Å². The summed E-state index contributed by atoms with van der Waals surface area (Å²) in [5, 5.41) is 0. The maximum Gasteiger partial charge on any atom is 0.164 e. The zero-order valence-corrected chi connectivity index (χ0v) is 9.82. The first-order valence-electron chi connectivity index (χ1n) is 5.40. The monoisotopic (exact) mass is 220 g/mol. The Hall–Kier alpha value is -1.51. The molecule has 16 heavy (non-hydrogen) atoms. The molecule has 1 saturated carbocycles. The largest absolute Gasteiger partial charge is 0.493 e. The lowest BCUT2D eigenvalue weighted by Gasteiger charge is -2.12. The highest BCUT2D eigenvalue weighted by molar-refractivity contribution is 5.83. The summed E-state index contributed by atoms with van der Waals surface area (Å²) < 4.78 is 10.6. The fraction of sp³-hybridized carbons (Fsp3) is 0.462. The second-order valence-electron chi connectivity index (χ2n) is 4.14. The molecule has 3 heteroatoms. The van der Waals surface area contributed by atoms with Gasteiger partial charge >= 0.3 is 0 Å². The van der Waals surface area contributed by atoms with E-state index in [9.17, 15) is 4.79 Å². The van der Waals surface area contributed by atoms with Gasteiger partial charge in [-0.15, -0.1) is 0 Å². The number of carbonyl (C=O) groups is 1. The van der Waals surface area contributed by atoms with Gasteiger partial charge in [0.1, 0.15) is 5.78 Å². The molecule has 0 saturated heterocycles. The van der Waals surface area contributed by atoms with Gasteiger partial charge in [0, 0.05) is 11.5 Å². The first-order chi connectivity index (χ1) is 7.69. The van der Waals surface area contributed by atoms with Crippen molar-refractivity contribution in [1.29, 1.82) is 0 Å². The Bertz CT molecular complexity index is 412.